The molecule has 0 aliphatic carbocycles. The quantitative estimate of drug-likeness (QED) is 0.164. The van der Waals surface area contributed by atoms with Crippen LogP contribution in [0.5, 0.6) is 0 Å². The van der Waals surface area contributed by atoms with Crippen molar-refractivity contribution in [2.24, 2.45) is 4.99 Å². The second-order valence-corrected chi connectivity index (χ2v) is 8.05. The Morgan fingerprint density at radius 2 is 1.59 bits per heavy atom. The zero-order valence-electron chi connectivity index (χ0n) is 19.0. The van der Waals surface area contributed by atoms with Crippen molar-refractivity contribution >= 4 is 57.3 Å². The summed E-state index contributed by atoms with van der Waals surface area (Å²) < 4.78 is 0. The molecular formula is C25H23N7OS. The van der Waals surface area contributed by atoms with Crippen molar-refractivity contribution in [2.75, 3.05) is 16.0 Å². The topological polar surface area (TPSA) is 104 Å². The Balaban J connectivity index is 1.60. The highest BCUT2D eigenvalue weighted by Crippen LogP contribution is 2.17. The Kier molecular flexibility index (Phi) is 6.84. The summed E-state index contributed by atoms with van der Waals surface area (Å²) in [4.78, 5) is 29.3. The number of anilines is 3. The number of fused-ring (bicyclic) bond motifs is 1. The van der Waals surface area contributed by atoms with Gasteiger partial charge in [-0.2, -0.15) is 4.99 Å². The van der Waals surface area contributed by atoms with Gasteiger partial charge in [0.05, 0.1) is 17.4 Å². The number of carbonyl (C=O) groups is 1. The third-order valence-corrected chi connectivity index (χ3v) is 5.02. The van der Waals surface area contributed by atoms with E-state index in [0.29, 0.717) is 23.2 Å². The summed E-state index contributed by atoms with van der Waals surface area (Å²) in [6, 6.07) is 18.7. The minimum Gasteiger partial charge on any atom is -0.331 e. The van der Waals surface area contributed by atoms with Crippen LogP contribution in [0.25, 0.3) is 10.9 Å². The molecule has 4 aromatic rings. The molecule has 3 N–H and O–H groups in total. The summed E-state index contributed by atoms with van der Waals surface area (Å²) in [5, 5.41) is 10.6. The molecule has 0 aliphatic heterocycles. The summed E-state index contributed by atoms with van der Waals surface area (Å²) in [5.74, 6) is 0.728. The lowest BCUT2D eigenvalue weighted by Gasteiger charge is -2.13. The van der Waals surface area contributed by atoms with Crippen LogP contribution in [0.15, 0.2) is 71.9 Å². The van der Waals surface area contributed by atoms with E-state index in [2.05, 4.69) is 35.9 Å². The van der Waals surface area contributed by atoms with Crippen molar-refractivity contribution in [3.63, 3.8) is 0 Å². The molecule has 9 heteroatoms. The number of aliphatic imine (C=N–C) groups is 1. The smallest absolute Gasteiger partial charge is 0.229 e. The summed E-state index contributed by atoms with van der Waals surface area (Å²) in [6.07, 6.45) is 1.72. The molecule has 0 bridgehead atoms. The molecule has 0 amide bonds. The largest absolute Gasteiger partial charge is 0.331 e. The highest BCUT2D eigenvalue weighted by Gasteiger charge is 2.09. The molecule has 170 valence electrons. The van der Waals surface area contributed by atoms with Gasteiger partial charge in [0.1, 0.15) is 0 Å². The van der Waals surface area contributed by atoms with Crippen LogP contribution >= 0.6 is 12.2 Å². The Labute approximate surface area is 202 Å². The lowest BCUT2D eigenvalue weighted by atomic mass is 10.1. The number of nitrogens with zero attached hydrogens (tertiary/aromatic N) is 4. The molecule has 4 rings (SSSR count). The van der Waals surface area contributed by atoms with E-state index in [9.17, 15) is 4.79 Å². The molecule has 2 aromatic heterocycles. The van der Waals surface area contributed by atoms with E-state index >= 15 is 0 Å². The van der Waals surface area contributed by atoms with E-state index in [1.165, 1.54) is 6.92 Å². The molecule has 2 heterocycles. The summed E-state index contributed by atoms with van der Waals surface area (Å²) in [7, 11) is 0. The molecule has 8 nitrogen and oxygen atoms in total. The molecule has 2 aromatic carbocycles. The number of Topliss-reactive ketones (excluding diaryl/α,β-unsaturated/α-hetero) is 1. The Hall–Kier alpha value is -4.24. The number of para-hydroxylation sites is 1. The summed E-state index contributed by atoms with van der Waals surface area (Å²) in [6.45, 7) is 5.32. The first kappa shape index (κ1) is 22.9. The van der Waals surface area contributed by atoms with Gasteiger partial charge in [0.25, 0.3) is 0 Å². The number of hydrogen-bond donors (Lipinski definition) is 3. The molecular weight excluding hydrogens is 446 g/mol. The molecule has 0 aliphatic rings. The summed E-state index contributed by atoms with van der Waals surface area (Å²) >= 11 is 5.46. The van der Waals surface area contributed by atoms with Gasteiger partial charge in [-0.1, -0.05) is 18.2 Å². The first-order valence-corrected chi connectivity index (χ1v) is 11.0. The molecule has 0 radical (unpaired) electrons. The average molecular weight is 470 g/mol. The SMILES string of the molecule is CC(=O)c1ccc(NC(=S)/N=C(/Nc2cnc3ccccc3c2)Nc2nc(C)cc(C)n2)cc1. The van der Waals surface area contributed by atoms with Crippen molar-refractivity contribution in [1.82, 2.24) is 15.0 Å². The van der Waals surface area contributed by atoms with Crippen LogP contribution in [0, 0.1) is 13.8 Å². The zero-order valence-corrected chi connectivity index (χ0v) is 19.8. The number of pyridine rings is 1. The number of ketones is 1. The van der Waals surface area contributed by atoms with Gasteiger partial charge in [-0.15, -0.1) is 0 Å². The third-order valence-electron chi connectivity index (χ3n) is 4.82. The lowest BCUT2D eigenvalue weighted by Crippen LogP contribution is -2.26. The van der Waals surface area contributed by atoms with E-state index in [4.69, 9.17) is 12.2 Å². The molecule has 0 atom stereocenters. The van der Waals surface area contributed by atoms with Gasteiger partial charge in [-0.05, 0) is 75.5 Å². The highest BCUT2D eigenvalue weighted by molar-refractivity contribution is 7.80. The second kappa shape index (κ2) is 10.1. The second-order valence-electron chi connectivity index (χ2n) is 7.67. The van der Waals surface area contributed by atoms with Crippen molar-refractivity contribution in [3.05, 3.63) is 83.8 Å². The predicted octanol–water partition coefficient (Wildman–Crippen LogP) is 5.12. The maximum atomic E-state index is 11.5. The van der Waals surface area contributed by atoms with Crippen LogP contribution in [-0.2, 0) is 0 Å². The number of benzene rings is 2. The number of rotatable bonds is 4. The first-order valence-electron chi connectivity index (χ1n) is 10.6. The van der Waals surface area contributed by atoms with Gasteiger partial charge >= 0.3 is 0 Å². The number of nitrogens with one attached hydrogen (secondary N) is 3. The Morgan fingerprint density at radius 1 is 0.882 bits per heavy atom. The van der Waals surface area contributed by atoms with E-state index in [-0.39, 0.29) is 10.9 Å². The number of carbonyl (C=O) groups excluding carboxylic acids is 1. The van der Waals surface area contributed by atoms with E-state index in [1.54, 1.807) is 30.5 Å². The van der Waals surface area contributed by atoms with Crippen LogP contribution in [0.4, 0.5) is 17.3 Å². The molecule has 34 heavy (non-hydrogen) atoms. The normalized spacial score (nSPS) is 11.2. The highest BCUT2D eigenvalue weighted by atomic mass is 32.1. The number of aromatic nitrogens is 3. The first-order chi connectivity index (χ1) is 16.4. The molecule has 0 saturated carbocycles. The van der Waals surface area contributed by atoms with E-state index in [0.717, 1.165) is 28.0 Å². The van der Waals surface area contributed by atoms with Crippen LogP contribution in [0.1, 0.15) is 28.7 Å². The van der Waals surface area contributed by atoms with E-state index in [1.807, 2.05) is 50.2 Å². The maximum absolute atomic E-state index is 11.5. The van der Waals surface area contributed by atoms with Gasteiger partial charge in [0, 0.05) is 28.0 Å². The number of aryl methyl sites for hydroxylation is 2. The van der Waals surface area contributed by atoms with Crippen LogP contribution in [-0.4, -0.2) is 31.8 Å². The maximum Gasteiger partial charge on any atom is 0.229 e. The summed E-state index contributed by atoms with van der Waals surface area (Å²) in [5.41, 5.74) is 4.61. The lowest BCUT2D eigenvalue weighted by molar-refractivity contribution is 0.101. The van der Waals surface area contributed by atoms with Gasteiger partial charge < -0.3 is 10.6 Å². The van der Waals surface area contributed by atoms with Crippen molar-refractivity contribution < 1.29 is 4.79 Å². The van der Waals surface area contributed by atoms with Gasteiger partial charge in [0.15, 0.2) is 5.78 Å². The third kappa shape index (κ3) is 5.96. The van der Waals surface area contributed by atoms with Crippen LogP contribution < -0.4 is 16.0 Å². The number of thiocarbonyl (C=S) groups is 1. The number of guanidine groups is 1. The van der Waals surface area contributed by atoms with Crippen molar-refractivity contribution in [3.8, 4) is 0 Å². The van der Waals surface area contributed by atoms with Crippen LogP contribution in [0.3, 0.4) is 0 Å². The predicted molar refractivity (Wildman–Crippen MR) is 141 cm³/mol. The van der Waals surface area contributed by atoms with Gasteiger partial charge in [-0.3, -0.25) is 15.1 Å². The van der Waals surface area contributed by atoms with Gasteiger partial charge in [-0.25, -0.2) is 9.97 Å². The van der Waals surface area contributed by atoms with Crippen LogP contribution in [0.2, 0.25) is 0 Å². The van der Waals surface area contributed by atoms with Gasteiger partial charge in [0.2, 0.25) is 17.0 Å². The van der Waals surface area contributed by atoms with E-state index < -0.39 is 0 Å². The van der Waals surface area contributed by atoms with Crippen molar-refractivity contribution in [1.29, 1.82) is 0 Å². The molecule has 0 spiro atoms. The monoisotopic (exact) mass is 469 g/mol. The Bertz CT molecular complexity index is 1380. The molecule has 0 fully saturated rings. The minimum absolute atomic E-state index is 0.000256. The number of hydrogen-bond acceptors (Lipinski definition) is 5. The molecule has 0 saturated heterocycles. The zero-order chi connectivity index (χ0) is 24.1. The molecule has 0 unspecified atom stereocenters. The Morgan fingerprint density at radius 3 is 2.29 bits per heavy atom. The standard InChI is InChI=1S/C25H23N7OS/c1-15-12-16(2)28-23(27-15)31-24(29-21-13-19-6-4-5-7-22(19)26-14-21)32-25(34)30-20-10-8-18(9-11-20)17(3)33/h4-14H,1-3H3,(H3,27,28,29,30,31,32,34). The fraction of sp³-hybridized carbons (Fsp3) is 0.120. The average Bonchev–Trinajstić information content (AvgIpc) is 2.78. The van der Waals surface area contributed by atoms with Crippen molar-refractivity contribution in [2.45, 2.75) is 20.8 Å². The fourth-order valence-corrected chi connectivity index (χ4v) is 3.50. The fourth-order valence-electron chi connectivity index (χ4n) is 3.29. The minimum atomic E-state index is 0.000256.